The molecular formula is C7H12BO2. The Morgan fingerprint density at radius 2 is 1.80 bits per heavy atom. The van der Waals surface area contributed by atoms with Gasteiger partial charge in [-0.15, -0.1) is 0 Å². The van der Waals surface area contributed by atoms with Gasteiger partial charge in [0.2, 0.25) is 0 Å². The lowest BCUT2D eigenvalue weighted by atomic mass is 9.98. The highest BCUT2D eigenvalue weighted by Gasteiger charge is 2.12. The maximum atomic E-state index is 9.85. The highest BCUT2D eigenvalue weighted by Crippen LogP contribution is 2.19. The lowest BCUT2D eigenvalue weighted by Crippen LogP contribution is -2.15. The number of carbonyl (C=O) groups excluding carboxylic acids is 1. The molecule has 0 aromatic rings. The quantitative estimate of drug-likeness (QED) is 0.423. The Bertz CT molecular complexity index is 89.6. The zero-order chi connectivity index (χ0) is 6.53. The third kappa shape index (κ3) is 2.90. The molecule has 2 nitrogen and oxygen atoms in total. The molecule has 0 unspecified atom stereocenters. The largest absolute Gasteiger partial charge is 0.465 e. The van der Waals surface area contributed by atoms with E-state index in [2.05, 4.69) is 0 Å². The number of carbonyl (C=O) groups is 1. The van der Waals surface area contributed by atoms with Crippen LogP contribution >= 0.6 is 0 Å². The van der Waals surface area contributed by atoms with Crippen LogP contribution in [0.2, 0.25) is 0 Å². The molecule has 1 saturated carbocycles. The first-order valence-corrected chi connectivity index (χ1v) is 3.52. The molecule has 0 aromatic carbocycles. The third-order valence-electron chi connectivity index (χ3n) is 1.80. The summed E-state index contributed by atoms with van der Waals surface area (Å²) in [5, 5.41) is 0. The van der Waals surface area contributed by atoms with Crippen LogP contribution in [0.4, 0.5) is 0 Å². The van der Waals surface area contributed by atoms with Crippen molar-refractivity contribution in [2.75, 3.05) is 0 Å². The Hall–Kier alpha value is -0.465. The molecule has 0 amide bonds. The molecule has 55 valence electrons. The van der Waals surface area contributed by atoms with E-state index in [0.717, 1.165) is 12.8 Å². The van der Waals surface area contributed by atoms with E-state index in [1.54, 1.807) is 0 Å². The van der Waals surface area contributed by atoms with Crippen molar-refractivity contribution in [2.24, 2.45) is 0 Å². The average Bonchev–Trinajstić information content (AvgIpc) is 1.91. The van der Waals surface area contributed by atoms with Crippen molar-refractivity contribution in [3.05, 3.63) is 0 Å². The second kappa shape index (κ2) is 5.33. The highest BCUT2D eigenvalue weighted by atomic mass is 16.5. The molecule has 1 aliphatic carbocycles. The fourth-order valence-corrected chi connectivity index (χ4v) is 1.28. The summed E-state index contributed by atoms with van der Waals surface area (Å²) in [6.07, 6.45) is 6.11. The van der Waals surface area contributed by atoms with Crippen LogP contribution in [0.25, 0.3) is 0 Å². The van der Waals surface area contributed by atoms with E-state index in [-0.39, 0.29) is 14.5 Å². The van der Waals surface area contributed by atoms with Crippen molar-refractivity contribution in [3.63, 3.8) is 0 Å². The summed E-state index contributed by atoms with van der Waals surface area (Å²) in [6.45, 7) is 0.565. The van der Waals surface area contributed by atoms with Crippen molar-refractivity contribution in [1.29, 1.82) is 0 Å². The summed E-state index contributed by atoms with van der Waals surface area (Å²) in [6, 6.07) is 0. The summed E-state index contributed by atoms with van der Waals surface area (Å²) in [5.74, 6) is 0. The molecule has 0 saturated heterocycles. The minimum atomic E-state index is 0. The molecule has 0 atom stereocenters. The molecule has 0 bridgehead atoms. The fraction of sp³-hybridized carbons (Fsp3) is 0.857. The van der Waals surface area contributed by atoms with Gasteiger partial charge in [-0.3, -0.25) is 4.79 Å². The van der Waals surface area contributed by atoms with E-state index in [1.165, 1.54) is 19.3 Å². The molecule has 0 spiro atoms. The first-order valence-electron chi connectivity index (χ1n) is 3.52. The standard InChI is InChI=1S/C7H12O2.B/c8-6-9-7-4-2-1-3-5-7;/h6-7H,1-5H2;. The van der Waals surface area contributed by atoms with E-state index in [9.17, 15) is 4.79 Å². The molecule has 3 heteroatoms. The van der Waals surface area contributed by atoms with Gasteiger partial charge in [-0.25, -0.2) is 0 Å². The first-order chi connectivity index (χ1) is 4.43. The third-order valence-corrected chi connectivity index (χ3v) is 1.80. The summed E-state index contributed by atoms with van der Waals surface area (Å²) in [5.41, 5.74) is 0. The SMILES string of the molecule is O=COC1CCCCC1.[B]. The smallest absolute Gasteiger partial charge is 0.293 e. The van der Waals surface area contributed by atoms with Gasteiger partial charge in [0.1, 0.15) is 6.10 Å². The van der Waals surface area contributed by atoms with Crippen LogP contribution in [0, 0.1) is 0 Å². The van der Waals surface area contributed by atoms with Gasteiger partial charge in [-0.2, -0.15) is 0 Å². The Labute approximate surface area is 63.5 Å². The summed E-state index contributed by atoms with van der Waals surface area (Å²) in [4.78, 5) is 9.85. The predicted molar refractivity (Wildman–Crippen MR) is 39.8 cm³/mol. The topological polar surface area (TPSA) is 26.3 Å². The zero-order valence-electron chi connectivity index (χ0n) is 6.08. The van der Waals surface area contributed by atoms with Gasteiger partial charge < -0.3 is 4.74 Å². The van der Waals surface area contributed by atoms with Gasteiger partial charge in [0.25, 0.3) is 6.47 Å². The molecule has 1 fully saturated rings. The van der Waals surface area contributed by atoms with Crippen molar-refractivity contribution in [3.8, 4) is 0 Å². The van der Waals surface area contributed by atoms with Crippen LogP contribution in [0.3, 0.4) is 0 Å². The van der Waals surface area contributed by atoms with Gasteiger partial charge in [0.15, 0.2) is 0 Å². The minimum absolute atomic E-state index is 0. The molecule has 3 radical (unpaired) electrons. The van der Waals surface area contributed by atoms with Crippen LogP contribution < -0.4 is 0 Å². The lowest BCUT2D eigenvalue weighted by Gasteiger charge is -2.18. The molecule has 0 N–H and O–H groups in total. The molecule has 0 aromatic heterocycles. The molecule has 1 aliphatic rings. The maximum absolute atomic E-state index is 9.85. The molecule has 1 rings (SSSR count). The van der Waals surface area contributed by atoms with E-state index in [0.29, 0.717) is 6.47 Å². The van der Waals surface area contributed by atoms with Crippen molar-refractivity contribution >= 4 is 14.9 Å². The number of rotatable bonds is 2. The van der Waals surface area contributed by atoms with Gasteiger partial charge in [0.05, 0.1) is 0 Å². The van der Waals surface area contributed by atoms with Crippen molar-refractivity contribution in [2.45, 2.75) is 38.2 Å². The molecule has 0 aliphatic heterocycles. The van der Waals surface area contributed by atoms with Gasteiger partial charge in [0, 0.05) is 8.41 Å². The monoisotopic (exact) mass is 139 g/mol. The van der Waals surface area contributed by atoms with Crippen molar-refractivity contribution < 1.29 is 9.53 Å². The van der Waals surface area contributed by atoms with Gasteiger partial charge in [-0.1, -0.05) is 6.42 Å². The Morgan fingerprint density at radius 1 is 1.20 bits per heavy atom. The molecule has 0 heterocycles. The van der Waals surface area contributed by atoms with E-state index in [4.69, 9.17) is 4.74 Å². The van der Waals surface area contributed by atoms with Crippen LogP contribution in [0.5, 0.6) is 0 Å². The van der Waals surface area contributed by atoms with Crippen LogP contribution in [0.1, 0.15) is 32.1 Å². The normalized spacial score (nSPS) is 19.2. The lowest BCUT2D eigenvalue weighted by molar-refractivity contribution is -0.134. The maximum Gasteiger partial charge on any atom is 0.293 e. The summed E-state index contributed by atoms with van der Waals surface area (Å²) >= 11 is 0. The van der Waals surface area contributed by atoms with E-state index >= 15 is 0 Å². The Kier molecular flexibility index (Phi) is 5.08. The average molecular weight is 139 g/mol. The van der Waals surface area contributed by atoms with Crippen LogP contribution in [-0.4, -0.2) is 21.0 Å². The van der Waals surface area contributed by atoms with Crippen molar-refractivity contribution in [1.82, 2.24) is 0 Å². The summed E-state index contributed by atoms with van der Waals surface area (Å²) < 4.78 is 4.80. The Morgan fingerprint density at radius 3 is 2.30 bits per heavy atom. The van der Waals surface area contributed by atoms with E-state index in [1.807, 2.05) is 0 Å². The predicted octanol–water partition coefficient (Wildman–Crippen LogP) is 1.11. The van der Waals surface area contributed by atoms with Crippen LogP contribution in [0.15, 0.2) is 0 Å². The fourth-order valence-electron chi connectivity index (χ4n) is 1.28. The number of ether oxygens (including phenoxy) is 1. The Balaban J connectivity index is 0.000000810. The minimum Gasteiger partial charge on any atom is -0.465 e. The van der Waals surface area contributed by atoms with Gasteiger partial charge >= 0.3 is 0 Å². The molecular weight excluding hydrogens is 127 g/mol. The highest BCUT2D eigenvalue weighted by molar-refractivity contribution is 5.75. The second-order valence-corrected chi connectivity index (χ2v) is 2.49. The molecule has 10 heavy (non-hydrogen) atoms. The second-order valence-electron chi connectivity index (χ2n) is 2.49. The van der Waals surface area contributed by atoms with Gasteiger partial charge in [-0.05, 0) is 25.7 Å². The summed E-state index contributed by atoms with van der Waals surface area (Å²) in [7, 11) is 0. The number of hydrogen-bond acceptors (Lipinski definition) is 2. The van der Waals surface area contributed by atoms with E-state index < -0.39 is 0 Å². The van der Waals surface area contributed by atoms with Crippen LogP contribution in [-0.2, 0) is 9.53 Å². The first kappa shape index (κ1) is 9.53. The zero-order valence-corrected chi connectivity index (χ0v) is 6.08. The number of hydrogen-bond donors (Lipinski definition) is 0.